The van der Waals surface area contributed by atoms with Gasteiger partial charge < -0.3 is 0 Å². The first kappa shape index (κ1) is 18.0. The van der Waals surface area contributed by atoms with Crippen LogP contribution in [0.3, 0.4) is 0 Å². The zero-order valence-corrected chi connectivity index (χ0v) is 16.6. The first-order valence-electron chi connectivity index (χ1n) is 8.82. The van der Waals surface area contributed by atoms with Gasteiger partial charge in [0.05, 0.1) is 16.4 Å². The molecular weight excluding hydrogens is 376 g/mol. The Morgan fingerprint density at radius 2 is 2.15 bits per heavy atom. The maximum Gasteiger partial charge on any atom is 0.250 e. The lowest BCUT2D eigenvalue weighted by atomic mass is 10.1. The molecular formula is C20H20N4OS2. The fourth-order valence-electron chi connectivity index (χ4n) is 3.04. The third-order valence-corrected chi connectivity index (χ3v) is 6.12. The van der Waals surface area contributed by atoms with Crippen LogP contribution in [0, 0.1) is 6.92 Å². The summed E-state index contributed by atoms with van der Waals surface area (Å²) in [5.74, 6) is -0.173. The molecule has 0 radical (unpaired) electrons. The quantitative estimate of drug-likeness (QED) is 0.659. The van der Waals surface area contributed by atoms with Crippen molar-refractivity contribution in [2.45, 2.75) is 26.4 Å². The van der Waals surface area contributed by atoms with E-state index in [-0.39, 0.29) is 5.91 Å². The molecule has 1 amide bonds. The van der Waals surface area contributed by atoms with Gasteiger partial charge in [0.1, 0.15) is 0 Å². The fourth-order valence-corrected chi connectivity index (χ4v) is 4.68. The Kier molecular flexibility index (Phi) is 5.42. The van der Waals surface area contributed by atoms with Gasteiger partial charge in [-0.3, -0.25) is 15.0 Å². The number of carbonyl (C=O) groups excluding carboxylic acids is 1. The number of anilines is 1. The number of amides is 1. The highest BCUT2D eigenvalue weighted by Crippen LogP contribution is 2.29. The van der Waals surface area contributed by atoms with Crippen LogP contribution in [0.5, 0.6) is 0 Å². The first-order valence-corrected chi connectivity index (χ1v) is 10.5. The van der Waals surface area contributed by atoms with E-state index < -0.39 is 0 Å². The molecule has 1 aliphatic heterocycles. The van der Waals surface area contributed by atoms with Crippen LogP contribution in [0.2, 0.25) is 0 Å². The summed E-state index contributed by atoms with van der Waals surface area (Å²) in [6.45, 7) is 4.76. The Bertz CT molecular complexity index is 962. The average molecular weight is 397 g/mol. The summed E-state index contributed by atoms with van der Waals surface area (Å²) in [6, 6.07) is 10.5. The molecule has 0 fully saturated rings. The zero-order chi connectivity index (χ0) is 18.6. The molecule has 0 unspecified atom stereocenters. The molecule has 7 heteroatoms. The molecule has 138 valence electrons. The van der Waals surface area contributed by atoms with E-state index in [1.54, 1.807) is 28.7 Å². The van der Waals surface area contributed by atoms with E-state index in [1.165, 1.54) is 16.5 Å². The van der Waals surface area contributed by atoms with Gasteiger partial charge in [0.15, 0.2) is 5.13 Å². The number of hydrogen-bond donors (Lipinski definition) is 1. The molecule has 27 heavy (non-hydrogen) atoms. The molecule has 0 aliphatic carbocycles. The van der Waals surface area contributed by atoms with E-state index in [4.69, 9.17) is 0 Å². The number of nitrogens with one attached hydrogen (secondary N) is 1. The SMILES string of the molecule is Cc1nc(/C=C/C(=O)Nc2nc3c(s2)CN(Cc2ccccc2)CC3)cs1. The number of carbonyl (C=O) groups is 1. The minimum absolute atomic E-state index is 0.173. The van der Waals surface area contributed by atoms with Crippen LogP contribution in [0.15, 0.2) is 41.8 Å². The van der Waals surface area contributed by atoms with Crippen LogP contribution in [0.1, 0.15) is 26.8 Å². The van der Waals surface area contributed by atoms with Crippen molar-refractivity contribution >= 4 is 39.8 Å². The summed E-state index contributed by atoms with van der Waals surface area (Å²) in [5, 5.41) is 6.47. The number of aryl methyl sites for hydroxylation is 1. The van der Waals surface area contributed by atoms with Crippen molar-refractivity contribution in [3.05, 3.63) is 68.6 Å². The third-order valence-electron chi connectivity index (χ3n) is 4.33. The van der Waals surface area contributed by atoms with Crippen molar-refractivity contribution < 1.29 is 4.79 Å². The summed E-state index contributed by atoms with van der Waals surface area (Å²) in [5.41, 5.74) is 3.24. The molecule has 1 N–H and O–H groups in total. The molecule has 2 aromatic heterocycles. The minimum atomic E-state index is -0.173. The van der Waals surface area contributed by atoms with Gasteiger partial charge in [0.2, 0.25) is 5.91 Å². The molecule has 4 rings (SSSR count). The smallest absolute Gasteiger partial charge is 0.250 e. The molecule has 0 spiro atoms. The Balaban J connectivity index is 1.36. The van der Waals surface area contributed by atoms with E-state index in [0.29, 0.717) is 5.13 Å². The summed E-state index contributed by atoms with van der Waals surface area (Å²) in [4.78, 5) is 24.7. The molecule has 3 heterocycles. The van der Waals surface area contributed by atoms with E-state index in [0.717, 1.165) is 42.5 Å². The van der Waals surface area contributed by atoms with Gasteiger partial charge in [0, 0.05) is 42.4 Å². The van der Waals surface area contributed by atoms with Crippen LogP contribution < -0.4 is 5.32 Å². The van der Waals surface area contributed by atoms with Crippen molar-refractivity contribution in [3.63, 3.8) is 0 Å². The predicted octanol–water partition coefficient (Wildman–Crippen LogP) is 4.12. The average Bonchev–Trinajstić information content (AvgIpc) is 3.26. The number of aromatic nitrogens is 2. The summed E-state index contributed by atoms with van der Waals surface area (Å²) < 4.78 is 0. The van der Waals surface area contributed by atoms with Crippen molar-refractivity contribution in [2.24, 2.45) is 0 Å². The van der Waals surface area contributed by atoms with E-state index in [1.807, 2.05) is 18.4 Å². The zero-order valence-electron chi connectivity index (χ0n) is 15.0. The normalized spacial score (nSPS) is 14.4. The number of fused-ring (bicyclic) bond motifs is 1. The van der Waals surface area contributed by atoms with Gasteiger partial charge in [0.25, 0.3) is 0 Å². The van der Waals surface area contributed by atoms with E-state index in [9.17, 15) is 4.79 Å². The molecule has 0 saturated heterocycles. The Morgan fingerprint density at radius 1 is 1.30 bits per heavy atom. The lowest BCUT2D eigenvalue weighted by Gasteiger charge is -2.25. The molecule has 1 aromatic carbocycles. The molecule has 1 aliphatic rings. The predicted molar refractivity (Wildman–Crippen MR) is 111 cm³/mol. The minimum Gasteiger partial charge on any atom is -0.298 e. The molecule has 5 nitrogen and oxygen atoms in total. The fraction of sp³-hybridized carbons (Fsp3) is 0.250. The van der Waals surface area contributed by atoms with Crippen LogP contribution in [-0.4, -0.2) is 27.3 Å². The molecule has 0 saturated carbocycles. The van der Waals surface area contributed by atoms with E-state index >= 15 is 0 Å². The summed E-state index contributed by atoms with van der Waals surface area (Å²) >= 11 is 3.14. The highest BCUT2D eigenvalue weighted by molar-refractivity contribution is 7.15. The van der Waals surface area contributed by atoms with Crippen LogP contribution >= 0.6 is 22.7 Å². The second kappa shape index (κ2) is 8.12. The highest BCUT2D eigenvalue weighted by Gasteiger charge is 2.21. The second-order valence-corrected chi connectivity index (χ2v) is 8.59. The molecule has 0 bridgehead atoms. The van der Waals surface area contributed by atoms with Crippen molar-refractivity contribution in [2.75, 3.05) is 11.9 Å². The van der Waals surface area contributed by atoms with Gasteiger partial charge in [-0.1, -0.05) is 30.3 Å². The lowest BCUT2D eigenvalue weighted by Crippen LogP contribution is -2.29. The summed E-state index contributed by atoms with van der Waals surface area (Å²) in [6.07, 6.45) is 4.16. The number of nitrogens with zero attached hydrogens (tertiary/aromatic N) is 3. The second-order valence-electron chi connectivity index (χ2n) is 6.45. The Morgan fingerprint density at radius 3 is 2.93 bits per heavy atom. The molecule has 0 atom stereocenters. The molecule has 3 aromatic rings. The van der Waals surface area contributed by atoms with Crippen LogP contribution in [0.4, 0.5) is 5.13 Å². The van der Waals surface area contributed by atoms with Gasteiger partial charge in [-0.25, -0.2) is 9.97 Å². The van der Waals surface area contributed by atoms with Crippen molar-refractivity contribution in [3.8, 4) is 0 Å². The maximum atomic E-state index is 12.1. The first-order chi connectivity index (χ1) is 13.2. The lowest BCUT2D eigenvalue weighted by molar-refractivity contribution is -0.111. The largest absolute Gasteiger partial charge is 0.298 e. The monoisotopic (exact) mass is 396 g/mol. The number of thiazole rings is 2. The van der Waals surface area contributed by atoms with Gasteiger partial charge in [-0.15, -0.1) is 22.7 Å². The highest BCUT2D eigenvalue weighted by atomic mass is 32.1. The number of rotatable bonds is 5. The van der Waals surface area contributed by atoms with Crippen LogP contribution in [0.25, 0.3) is 6.08 Å². The number of hydrogen-bond acceptors (Lipinski definition) is 6. The third kappa shape index (κ3) is 4.68. The van der Waals surface area contributed by atoms with Crippen LogP contribution in [-0.2, 0) is 24.3 Å². The van der Waals surface area contributed by atoms with Gasteiger partial charge in [-0.2, -0.15) is 0 Å². The van der Waals surface area contributed by atoms with Gasteiger partial charge >= 0.3 is 0 Å². The van der Waals surface area contributed by atoms with Crippen molar-refractivity contribution in [1.82, 2.24) is 14.9 Å². The standard InChI is InChI=1S/C20H20N4OS2/c1-14-21-16(13-26-14)7-8-19(25)23-20-22-17-9-10-24(12-18(17)27-20)11-15-5-3-2-4-6-15/h2-8,13H,9-12H2,1H3,(H,22,23,25)/b8-7+. The van der Waals surface area contributed by atoms with E-state index in [2.05, 4.69) is 44.5 Å². The number of benzene rings is 1. The topological polar surface area (TPSA) is 58.1 Å². The van der Waals surface area contributed by atoms with Gasteiger partial charge in [-0.05, 0) is 18.6 Å². The van der Waals surface area contributed by atoms with Crippen molar-refractivity contribution in [1.29, 1.82) is 0 Å². The Hall–Kier alpha value is -2.35. The Labute approximate surface area is 166 Å². The summed E-state index contributed by atoms with van der Waals surface area (Å²) in [7, 11) is 0. The maximum absolute atomic E-state index is 12.1.